The highest BCUT2D eigenvalue weighted by Gasteiger charge is 2.18. The number of fused-ring (bicyclic) bond motifs is 1. The summed E-state index contributed by atoms with van der Waals surface area (Å²) in [6.07, 6.45) is 0.102. The monoisotopic (exact) mass is 303 g/mol. The Morgan fingerprint density at radius 2 is 2.30 bits per heavy atom. The third-order valence-electron chi connectivity index (χ3n) is 2.55. The fourth-order valence-electron chi connectivity index (χ4n) is 1.69. The first-order chi connectivity index (χ1) is 9.28. The molecular weight excluding hydrogens is 289 g/mol. The van der Waals surface area contributed by atoms with Gasteiger partial charge in [-0.05, 0) is 6.92 Å². The van der Waals surface area contributed by atoms with Crippen molar-refractivity contribution >= 4 is 24.7 Å². The summed E-state index contributed by atoms with van der Waals surface area (Å²) >= 11 is 0. The topological polar surface area (TPSA) is 156 Å². The maximum Gasteiger partial charge on any atom is 0.350 e. The van der Waals surface area contributed by atoms with Gasteiger partial charge in [0, 0.05) is 0 Å². The van der Waals surface area contributed by atoms with E-state index in [0.29, 0.717) is 5.65 Å². The largest absolute Gasteiger partial charge is 0.369 e. The fraction of sp³-hybridized carbons (Fsp3) is 0.444. The SMILES string of the molecule is C[C@H](Cn1c(N)nc(=O)c2[nH]cnc21)OCP(=O)(O)O. The van der Waals surface area contributed by atoms with Gasteiger partial charge >= 0.3 is 13.2 Å². The molecule has 0 aliphatic carbocycles. The minimum Gasteiger partial charge on any atom is -0.369 e. The van der Waals surface area contributed by atoms with Crippen LogP contribution in [0.3, 0.4) is 0 Å². The number of nitrogens with zero attached hydrogens (tertiary/aromatic N) is 3. The lowest BCUT2D eigenvalue weighted by atomic mass is 10.4. The lowest BCUT2D eigenvalue weighted by Gasteiger charge is -2.17. The van der Waals surface area contributed by atoms with Crippen molar-refractivity contribution in [3.8, 4) is 0 Å². The molecule has 0 fully saturated rings. The van der Waals surface area contributed by atoms with Crippen LogP contribution in [0, 0.1) is 0 Å². The van der Waals surface area contributed by atoms with Crippen molar-refractivity contribution in [2.45, 2.75) is 19.6 Å². The zero-order valence-electron chi connectivity index (χ0n) is 10.6. The molecule has 0 bridgehead atoms. The molecule has 0 aliphatic rings. The first kappa shape index (κ1) is 14.7. The van der Waals surface area contributed by atoms with Crippen LogP contribution in [0.5, 0.6) is 0 Å². The summed E-state index contributed by atoms with van der Waals surface area (Å²) < 4.78 is 17.2. The smallest absolute Gasteiger partial charge is 0.350 e. The molecule has 1 atom stereocenters. The molecule has 2 aromatic heterocycles. The van der Waals surface area contributed by atoms with Crippen molar-refractivity contribution in [1.82, 2.24) is 19.5 Å². The fourth-order valence-corrected chi connectivity index (χ4v) is 2.14. The molecule has 20 heavy (non-hydrogen) atoms. The number of hydrogen-bond acceptors (Lipinski definition) is 6. The second-order valence-electron chi connectivity index (χ2n) is 4.26. The van der Waals surface area contributed by atoms with Crippen molar-refractivity contribution in [2.24, 2.45) is 0 Å². The standard InChI is InChI=1S/C9H14N5O5P/c1-5(19-4-20(16,17)18)2-14-7-6(11-3-12-7)8(15)13-9(14)10/h3,5H,2,4H2,1H3,(H,11,12)(H2,10,13,15)(H2,16,17,18)/t5-/m1/s1. The predicted molar refractivity (Wildman–Crippen MR) is 70.0 cm³/mol. The number of anilines is 1. The maximum atomic E-state index is 11.5. The third kappa shape index (κ3) is 3.23. The van der Waals surface area contributed by atoms with Crippen molar-refractivity contribution in [3.63, 3.8) is 0 Å². The van der Waals surface area contributed by atoms with Gasteiger partial charge in [0.15, 0.2) is 11.2 Å². The van der Waals surface area contributed by atoms with Gasteiger partial charge in [-0.2, -0.15) is 4.98 Å². The molecule has 11 heteroatoms. The molecular formula is C9H14N5O5P. The summed E-state index contributed by atoms with van der Waals surface area (Å²) in [4.78, 5) is 39.3. The lowest BCUT2D eigenvalue weighted by molar-refractivity contribution is 0.0767. The van der Waals surface area contributed by atoms with E-state index in [9.17, 15) is 9.36 Å². The molecule has 0 amide bonds. The minimum atomic E-state index is -4.23. The van der Waals surface area contributed by atoms with Gasteiger partial charge in [-0.25, -0.2) is 4.98 Å². The van der Waals surface area contributed by atoms with E-state index >= 15 is 0 Å². The summed E-state index contributed by atoms with van der Waals surface area (Å²) in [6.45, 7) is 1.77. The van der Waals surface area contributed by atoms with Crippen LogP contribution < -0.4 is 11.3 Å². The summed E-state index contributed by atoms with van der Waals surface area (Å²) in [7, 11) is -4.23. The average molecular weight is 303 g/mol. The second-order valence-corrected chi connectivity index (χ2v) is 5.85. The van der Waals surface area contributed by atoms with Gasteiger partial charge in [-0.1, -0.05) is 0 Å². The maximum absolute atomic E-state index is 11.5. The second kappa shape index (κ2) is 5.33. The van der Waals surface area contributed by atoms with Crippen LogP contribution in [0.15, 0.2) is 11.1 Å². The van der Waals surface area contributed by atoms with Crippen molar-refractivity contribution < 1.29 is 19.1 Å². The van der Waals surface area contributed by atoms with Crippen LogP contribution in [0.4, 0.5) is 5.95 Å². The van der Waals surface area contributed by atoms with Crippen LogP contribution in [0.1, 0.15) is 6.92 Å². The molecule has 2 heterocycles. The Hall–Kier alpha value is -1.74. The summed E-state index contributed by atoms with van der Waals surface area (Å²) in [5.74, 6) is -0.0405. The molecule has 110 valence electrons. The van der Waals surface area contributed by atoms with Gasteiger partial charge in [0.25, 0.3) is 0 Å². The lowest BCUT2D eigenvalue weighted by Crippen LogP contribution is -2.24. The van der Waals surface area contributed by atoms with Gasteiger partial charge in [0.2, 0.25) is 5.95 Å². The summed E-state index contributed by atoms with van der Waals surface area (Å²) in [5, 5.41) is 0. The van der Waals surface area contributed by atoms with Gasteiger partial charge in [0.05, 0.1) is 19.0 Å². The van der Waals surface area contributed by atoms with Crippen LogP contribution in [-0.4, -0.2) is 41.8 Å². The van der Waals surface area contributed by atoms with Crippen LogP contribution in [0.25, 0.3) is 11.2 Å². The number of aromatic amines is 1. The van der Waals surface area contributed by atoms with E-state index in [1.54, 1.807) is 6.92 Å². The number of hydrogen-bond donors (Lipinski definition) is 4. The number of nitrogens with one attached hydrogen (secondary N) is 1. The molecule has 0 saturated carbocycles. The van der Waals surface area contributed by atoms with E-state index in [1.165, 1.54) is 10.9 Å². The molecule has 0 radical (unpaired) electrons. The van der Waals surface area contributed by atoms with E-state index in [1.807, 2.05) is 0 Å². The van der Waals surface area contributed by atoms with Crippen molar-refractivity contribution in [1.29, 1.82) is 0 Å². The van der Waals surface area contributed by atoms with Gasteiger partial charge < -0.3 is 25.2 Å². The van der Waals surface area contributed by atoms with Crippen molar-refractivity contribution in [3.05, 3.63) is 16.7 Å². The average Bonchev–Trinajstić information content (AvgIpc) is 2.80. The zero-order chi connectivity index (χ0) is 14.9. The molecule has 0 unspecified atom stereocenters. The molecule has 2 aromatic rings. The van der Waals surface area contributed by atoms with E-state index in [4.69, 9.17) is 20.3 Å². The number of rotatable bonds is 5. The van der Waals surface area contributed by atoms with Gasteiger partial charge in [0.1, 0.15) is 6.35 Å². The number of H-pyrrole nitrogens is 1. The van der Waals surface area contributed by atoms with E-state index in [2.05, 4.69) is 15.0 Å². The summed E-state index contributed by atoms with van der Waals surface area (Å²) in [6, 6.07) is 0. The predicted octanol–water partition coefficient (Wildman–Crippen LogP) is -0.758. The number of nitrogen functional groups attached to an aromatic ring is 1. The molecule has 0 spiro atoms. The van der Waals surface area contributed by atoms with Gasteiger partial charge in [-0.15, -0.1) is 0 Å². The number of nitrogens with two attached hydrogens (primary N) is 1. The van der Waals surface area contributed by atoms with Crippen LogP contribution in [0.2, 0.25) is 0 Å². The zero-order valence-corrected chi connectivity index (χ0v) is 11.4. The number of aromatic nitrogens is 4. The Balaban J connectivity index is 2.23. The molecule has 5 N–H and O–H groups in total. The Morgan fingerprint density at radius 1 is 1.60 bits per heavy atom. The summed E-state index contributed by atoms with van der Waals surface area (Å²) in [5.41, 5.74) is 5.67. The van der Waals surface area contributed by atoms with Crippen LogP contribution in [-0.2, 0) is 15.8 Å². The molecule has 10 nitrogen and oxygen atoms in total. The number of imidazole rings is 1. The highest BCUT2D eigenvalue weighted by atomic mass is 31.2. The Bertz CT molecular complexity index is 719. The highest BCUT2D eigenvalue weighted by Crippen LogP contribution is 2.34. The molecule has 0 aliphatic heterocycles. The Morgan fingerprint density at radius 3 is 2.95 bits per heavy atom. The quantitative estimate of drug-likeness (QED) is 0.525. The first-order valence-corrected chi connectivity index (χ1v) is 7.43. The molecule has 0 aromatic carbocycles. The van der Waals surface area contributed by atoms with E-state index in [0.717, 1.165) is 0 Å². The minimum absolute atomic E-state index is 0.0405. The van der Waals surface area contributed by atoms with Gasteiger partial charge in [-0.3, -0.25) is 13.9 Å². The Labute approximate surface area is 112 Å². The number of ether oxygens (including phenoxy) is 1. The molecule has 0 saturated heterocycles. The third-order valence-corrected chi connectivity index (χ3v) is 3.03. The van der Waals surface area contributed by atoms with E-state index in [-0.39, 0.29) is 18.0 Å². The highest BCUT2D eigenvalue weighted by molar-refractivity contribution is 7.51. The Kier molecular flexibility index (Phi) is 3.91. The van der Waals surface area contributed by atoms with Crippen LogP contribution >= 0.6 is 7.60 Å². The molecule has 2 rings (SSSR count). The van der Waals surface area contributed by atoms with E-state index < -0.39 is 25.6 Å². The normalized spacial score (nSPS) is 13.8. The van der Waals surface area contributed by atoms with Crippen molar-refractivity contribution in [2.75, 3.05) is 12.1 Å². The first-order valence-electron chi connectivity index (χ1n) is 5.63.